The van der Waals surface area contributed by atoms with E-state index in [9.17, 15) is 14.7 Å². The summed E-state index contributed by atoms with van der Waals surface area (Å²) in [5.74, 6) is -0.657. The Morgan fingerprint density at radius 3 is 2.41 bits per heavy atom. The molecule has 1 atom stereocenters. The maximum absolute atomic E-state index is 13.1. The van der Waals surface area contributed by atoms with Gasteiger partial charge in [-0.25, -0.2) is 0 Å². The fraction of sp³-hybridized carbons (Fsp3) is 0.333. The van der Waals surface area contributed by atoms with Crippen molar-refractivity contribution in [2.45, 2.75) is 19.4 Å². The molecule has 1 aliphatic heterocycles. The molecule has 2 aromatic carbocycles. The van der Waals surface area contributed by atoms with Crippen LogP contribution < -0.4 is 9.47 Å². The number of Topliss-reactive ketones (excluding diaryl/α,β-unsaturated/α-hetero) is 1. The van der Waals surface area contributed by atoms with E-state index >= 15 is 0 Å². The summed E-state index contributed by atoms with van der Waals surface area (Å²) in [5, 5.41) is 11.4. The maximum atomic E-state index is 13.1. The van der Waals surface area contributed by atoms with Crippen LogP contribution in [0.25, 0.3) is 5.76 Å². The largest absolute Gasteiger partial charge is 0.507 e. The van der Waals surface area contributed by atoms with Gasteiger partial charge < -0.3 is 24.2 Å². The van der Waals surface area contributed by atoms with Crippen molar-refractivity contribution in [3.8, 4) is 11.5 Å². The van der Waals surface area contributed by atoms with E-state index in [0.717, 1.165) is 0 Å². The smallest absolute Gasteiger partial charge is 0.295 e. The van der Waals surface area contributed by atoms with E-state index in [1.165, 1.54) is 4.90 Å². The molecule has 0 radical (unpaired) electrons. The molecule has 7 nitrogen and oxygen atoms in total. The third-order valence-corrected chi connectivity index (χ3v) is 5.55. The van der Waals surface area contributed by atoms with Gasteiger partial charge in [-0.2, -0.15) is 0 Å². The Balaban J connectivity index is 2.14. The van der Waals surface area contributed by atoms with E-state index in [4.69, 9.17) is 25.8 Å². The van der Waals surface area contributed by atoms with E-state index in [-0.39, 0.29) is 21.9 Å². The molecule has 2 aromatic rings. The van der Waals surface area contributed by atoms with Crippen LogP contribution in [0.3, 0.4) is 0 Å². The van der Waals surface area contributed by atoms with Gasteiger partial charge >= 0.3 is 0 Å². The second-order valence-corrected chi connectivity index (χ2v) is 7.59. The summed E-state index contributed by atoms with van der Waals surface area (Å²) >= 11 is 6.33. The van der Waals surface area contributed by atoms with Gasteiger partial charge in [-0.15, -0.1) is 0 Å². The summed E-state index contributed by atoms with van der Waals surface area (Å²) < 4.78 is 15.8. The van der Waals surface area contributed by atoms with Crippen LogP contribution in [-0.2, 0) is 14.3 Å². The van der Waals surface area contributed by atoms with Gasteiger partial charge in [-0.1, -0.05) is 23.7 Å². The van der Waals surface area contributed by atoms with Crippen molar-refractivity contribution in [1.82, 2.24) is 4.90 Å². The Kier molecular flexibility index (Phi) is 7.77. The average Bonchev–Trinajstić information content (AvgIpc) is 3.05. The zero-order valence-corrected chi connectivity index (χ0v) is 19.0. The first-order valence-corrected chi connectivity index (χ1v) is 10.6. The van der Waals surface area contributed by atoms with Gasteiger partial charge in [0.2, 0.25) is 0 Å². The average molecular weight is 460 g/mol. The molecule has 0 aliphatic carbocycles. The van der Waals surface area contributed by atoms with Crippen molar-refractivity contribution >= 4 is 29.1 Å². The van der Waals surface area contributed by atoms with Crippen LogP contribution in [0, 0.1) is 0 Å². The molecule has 1 aliphatic rings. The lowest BCUT2D eigenvalue weighted by Gasteiger charge is -2.25. The molecular weight excluding hydrogens is 434 g/mol. The first-order valence-electron chi connectivity index (χ1n) is 10.3. The molecular formula is C24H26ClNO6. The van der Waals surface area contributed by atoms with Gasteiger partial charge in [0.05, 0.1) is 30.4 Å². The summed E-state index contributed by atoms with van der Waals surface area (Å²) in [7, 11) is 3.13. The summed E-state index contributed by atoms with van der Waals surface area (Å²) in [4.78, 5) is 27.4. The Hall–Kier alpha value is -3.03. The van der Waals surface area contributed by atoms with Crippen LogP contribution in [0.1, 0.15) is 30.5 Å². The number of halogens is 1. The highest BCUT2D eigenvalue weighted by Crippen LogP contribution is 2.41. The number of aliphatic hydroxyl groups is 1. The molecule has 3 rings (SSSR count). The van der Waals surface area contributed by atoms with Crippen LogP contribution in [0.15, 0.2) is 48.0 Å². The molecule has 1 saturated heterocycles. The molecule has 1 N–H and O–H groups in total. The normalized spacial score (nSPS) is 17.6. The number of nitrogens with zero attached hydrogens (tertiary/aromatic N) is 1. The Bertz CT molecular complexity index is 1020. The topological polar surface area (TPSA) is 85.3 Å². The van der Waals surface area contributed by atoms with E-state index in [2.05, 4.69) is 0 Å². The summed E-state index contributed by atoms with van der Waals surface area (Å²) in [6.07, 6.45) is 0.538. The third kappa shape index (κ3) is 4.74. The Morgan fingerprint density at radius 2 is 1.78 bits per heavy atom. The SMILES string of the molecule is CCOc1ccc(Cl)c(/C(O)=C2\C(=O)C(=O)N(CCCOC)C2c2ccc(OC)cc2)c1. The van der Waals surface area contributed by atoms with Gasteiger partial charge in [0.15, 0.2) is 0 Å². The minimum atomic E-state index is -0.774. The van der Waals surface area contributed by atoms with E-state index in [1.54, 1.807) is 56.7 Å². The van der Waals surface area contributed by atoms with Crippen molar-refractivity contribution in [2.75, 3.05) is 34.0 Å². The number of rotatable bonds is 9. The van der Waals surface area contributed by atoms with Crippen molar-refractivity contribution < 1.29 is 28.9 Å². The van der Waals surface area contributed by atoms with Crippen LogP contribution in [0.5, 0.6) is 11.5 Å². The lowest BCUT2D eigenvalue weighted by atomic mass is 9.95. The third-order valence-electron chi connectivity index (χ3n) is 5.22. The standard InChI is InChI=1S/C24H26ClNO6/c1-4-32-17-10-11-19(25)18(14-17)22(27)20-21(15-6-8-16(31-3)9-7-15)26(12-5-13-30-2)24(29)23(20)28/h6-11,14,21,27H,4-5,12-13H2,1-3H3/b22-20+. The minimum Gasteiger partial charge on any atom is -0.507 e. The highest BCUT2D eigenvalue weighted by Gasteiger charge is 2.46. The fourth-order valence-corrected chi connectivity index (χ4v) is 3.92. The molecule has 1 fully saturated rings. The zero-order chi connectivity index (χ0) is 23.3. The second-order valence-electron chi connectivity index (χ2n) is 7.19. The molecule has 8 heteroatoms. The van der Waals surface area contributed by atoms with Crippen molar-refractivity contribution in [2.24, 2.45) is 0 Å². The fourth-order valence-electron chi connectivity index (χ4n) is 3.71. The highest BCUT2D eigenvalue weighted by atomic mass is 35.5. The summed E-state index contributed by atoms with van der Waals surface area (Å²) in [6.45, 7) is 2.99. The quantitative estimate of drug-likeness (QED) is 0.262. The molecule has 0 bridgehead atoms. The number of carbonyl (C=O) groups excluding carboxylic acids is 2. The number of benzene rings is 2. The van der Waals surface area contributed by atoms with Crippen molar-refractivity contribution in [1.29, 1.82) is 0 Å². The Labute approximate surface area is 192 Å². The summed E-state index contributed by atoms with van der Waals surface area (Å²) in [5.41, 5.74) is 0.875. The number of amides is 1. The zero-order valence-electron chi connectivity index (χ0n) is 18.3. The maximum Gasteiger partial charge on any atom is 0.295 e. The molecule has 1 unspecified atom stereocenters. The monoisotopic (exact) mass is 459 g/mol. The number of methoxy groups -OCH3 is 2. The molecule has 170 valence electrons. The van der Waals surface area contributed by atoms with Crippen LogP contribution >= 0.6 is 11.6 Å². The van der Waals surface area contributed by atoms with Gasteiger partial charge in [-0.05, 0) is 49.2 Å². The molecule has 1 amide bonds. The lowest BCUT2D eigenvalue weighted by molar-refractivity contribution is -0.140. The van der Waals surface area contributed by atoms with E-state index < -0.39 is 17.7 Å². The number of likely N-dealkylation sites (tertiary alicyclic amines) is 1. The van der Waals surface area contributed by atoms with Gasteiger partial charge in [0.1, 0.15) is 17.3 Å². The van der Waals surface area contributed by atoms with Gasteiger partial charge in [0.25, 0.3) is 11.7 Å². The predicted molar refractivity (Wildman–Crippen MR) is 121 cm³/mol. The molecule has 0 aromatic heterocycles. The second kappa shape index (κ2) is 10.5. The predicted octanol–water partition coefficient (Wildman–Crippen LogP) is 4.21. The molecule has 1 heterocycles. The first kappa shape index (κ1) is 23.6. The number of hydrogen-bond acceptors (Lipinski definition) is 6. The number of hydrogen-bond donors (Lipinski definition) is 1. The number of ether oxygens (including phenoxy) is 3. The number of aliphatic hydroxyl groups excluding tert-OH is 1. The first-order chi connectivity index (χ1) is 15.4. The number of ketones is 1. The minimum absolute atomic E-state index is 0.0202. The number of carbonyl (C=O) groups is 2. The van der Waals surface area contributed by atoms with Gasteiger partial charge in [-0.3, -0.25) is 9.59 Å². The lowest BCUT2D eigenvalue weighted by Crippen LogP contribution is -2.31. The summed E-state index contributed by atoms with van der Waals surface area (Å²) in [6, 6.07) is 11.1. The van der Waals surface area contributed by atoms with E-state index in [1.807, 2.05) is 6.92 Å². The van der Waals surface area contributed by atoms with Crippen LogP contribution in [0.2, 0.25) is 5.02 Å². The highest BCUT2D eigenvalue weighted by molar-refractivity contribution is 6.47. The molecule has 32 heavy (non-hydrogen) atoms. The Morgan fingerprint density at radius 1 is 1.09 bits per heavy atom. The van der Waals surface area contributed by atoms with Gasteiger partial charge in [0, 0.05) is 25.8 Å². The van der Waals surface area contributed by atoms with Crippen molar-refractivity contribution in [3.63, 3.8) is 0 Å². The molecule has 0 saturated carbocycles. The van der Waals surface area contributed by atoms with E-state index in [0.29, 0.717) is 43.2 Å². The van der Waals surface area contributed by atoms with Crippen molar-refractivity contribution in [3.05, 3.63) is 64.2 Å². The van der Waals surface area contributed by atoms with Crippen LogP contribution in [0.4, 0.5) is 0 Å². The van der Waals surface area contributed by atoms with Crippen LogP contribution in [-0.4, -0.2) is 55.7 Å². The molecule has 0 spiro atoms.